The van der Waals surface area contributed by atoms with Crippen LogP contribution in [0, 0.1) is 0 Å². The van der Waals surface area contributed by atoms with Crippen LogP contribution < -0.4 is 27.4 Å². The highest BCUT2D eigenvalue weighted by molar-refractivity contribution is 7.80. The third-order valence-electron chi connectivity index (χ3n) is 3.92. The zero-order valence-corrected chi connectivity index (χ0v) is 18.0. The summed E-state index contributed by atoms with van der Waals surface area (Å²) in [5.74, 6) is -5.21. The van der Waals surface area contributed by atoms with Crippen molar-refractivity contribution < 1.29 is 34.2 Å². The Morgan fingerprint density at radius 1 is 0.800 bits per heavy atom. The molecule has 4 atom stereocenters. The standard InChI is InChI=1S/C16H29N5O7S2/c17-4-2-1-3-9(14(25)21-11(7-30)16(27)28)19-15(26)10(6-29)20-13(24)8(18)5-12(22)23/h8-11,29-30H,1-7,17-18H2,(H,19,26)(H,20,24)(H,21,25)(H,22,23)(H,27,28). The quantitative estimate of drug-likeness (QED) is 0.0904. The summed E-state index contributed by atoms with van der Waals surface area (Å²) in [6.07, 6.45) is 0.608. The maximum absolute atomic E-state index is 12.5. The number of aliphatic carboxylic acids is 2. The monoisotopic (exact) mass is 467 g/mol. The van der Waals surface area contributed by atoms with Gasteiger partial charge in [0, 0.05) is 11.5 Å². The van der Waals surface area contributed by atoms with E-state index in [0.717, 1.165) is 0 Å². The van der Waals surface area contributed by atoms with Gasteiger partial charge in [-0.1, -0.05) is 0 Å². The predicted molar refractivity (Wildman–Crippen MR) is 114 cm³/mol. The number of carbonyl (C=O) groups is 5. The average Bonchev–Trinajstić information content (AvgIpc) is 2.68. The highest BCUT2D eigenvalue weighted by atomic mass is 32.1. The number of unbranched alkanes of at least 4 members (excludes halogenated alkanes) is 1. The van der Waals surface area contributed by atoms with Gasteiger partial charge in [-0.15, -0.1) is 0 Å². The molecule has 0 aromatic heterocycles. The summed E-state index contributed by atoms with van der Waals surface area (Å²) in [5.41, 5.74) is 10.9. The molecule has 0 aromatic rings. The lowest BCUT2D eigenvalue weighted by Crippen LogP contribution is -2.58. The van der Waals surface area contributed by atoms with Gasteiger partial charge in [0.25, 0.3) is 0 Å². The van der Waals surface area contributed by atoms with E-state index in [4.69, 9.17) is 21.7 Å². The Balaban J connectivity index is 5.16. The minimum atomic E-state index is -1.37. The molecule has 14 heteroatoms. The van der Waals surface area contributed by atoms with Crippen molar-refractivity contribution in [3.63, 3.8) is 0 Å². The molecule has 0 aliphatic carbocycles. The van der Waals surface area contributed by atoms with Crippen LogP contribution in [-0.2, 0) is 24.0 Å². The molecule has 0 aromatic carbocycles. The Morgan fingerprint density at radius 2 is 1.30 bits per heavy atom. The first-order chi connectivity index (χ1) is 14.1. The van der Waals surface area contributed by atoms with E-state index in [-0.39, 0.29) is 17.9 Å². The van der Waals surface area contributed by atoms with Crippen LogP contribution in [0.15, 0.2) is 0 Å². The van der Waals surface area contributed by atoms with E-state index < -0.39 is 60.2 Å². The van der Waals surface area contributed by atoms with Crippen molar-refractivity contribution in [3.8, 4) is 0 Å². The van der Waals surface area contributed by atoms with Gasteiger partial charge >= 0.3 is 11.9 Å². The maximum atomic E-state index is 12.5. The third kappa shape index (κ3) is 10.7. The van der Waals surface area contributed by atoms with Crippen molar-refractivity contribution in [2.45, 2.75) is 49.9 Å². The van der Waals surface area contributed by atoms with Crippen LogP contribution in [-0.4, -0.2) is 82.1 Å². The first kappa shape index (κ1) is 28.0. The molecule has 0 radical (unpaired) electrons. The molecular weight excluding hydrogens is 438 g/mol. The Bertz CT molecular complexity index is 623. The highest BCUT2D eigenvalue weighted by Crippen LogP contribution is 2.04. The Kier molecular flexibility index (Phi) is 13.9. The predicted octanol–water partition coefficient (Wildman–Crippen LogP) is -2.68. The molecule has 9 N–H and O–H groups in total. The van der Waals surface area contributed by atoms with Crippen LogP contribution in [0.3, 0.4) is 0 Å². The summed E-state index contributed by atoms with van der Waals surface area (Å²) in [4.78, 5) is 58.7. The summed E-state index contributed by atoms with van der Waals surface area (Å²) in [5, 5.41) is 24.8. The summed E-state index contributed by atoms with van der Waals surface area (Å²) in [6.45, 7) is 0.369. The van der Waals surface area contributed by atoms with E-state index in [1.54, 1.807) is 0 Å². The van der Waals surface area contributed by atoms with Gasteiger partial charge in [0.2, 0.25) is 17.7 Å². The molecule has 0 fully saturated rings. The molecule has 0 saturated carbocycles. The Morgan fingerprint density at radius 3 is 1.77 bits per heavy atom. The molecule has 4 unspecified atom stereocenters. The van der Waals surface area contributed by atoms with Crippen molar-refractivity contribution >= 4 is 54.9 Å². The van der Waals surface area contributed by atoms with Crippen molar-refractivity contribution in [1.29, 1.82) is 0 Å². The SMILES string of the molecule is NCCCCC(NC(=O)C(CS)NC(=O)C(N)CC(=O)O)C(=O)NC(CS)C(=O)O. The lowest BCUT2D eigenvalue weighted by Gasteiger charge is -2.24. The number of carbonyl (C=O) groups excluding carboxylic acids is 3. The number of carboxylic acids is 2. The number of carboxylic acid groups (broad SMARTS) is 2. The maximum Gasteiger partial charge on any atom is 0.327 e. The molecule has 12 nitrogen and oxygen atoms in total. The fourth-order valence-electron chi connectivity index (χ4n) is 2.25. The third-order valence-corrected chi connectivity index (χ3v) is 4.65. The van der Waals surface area contributed by atoms with Gasteiger partial charge in [-0.3, -0.25) is 19.2 Å². The summed E-state index contributed by atoms with van der Waals surface area (Å²) >= 11 is 7.86. The van der Waals surface area contributed by atoms with Gasteiger partial charge < -0.3 is 37.6 Å². The first-order valence-corrected chi connectivity index (χ1v) is 10.4. The van der Waals surface area contributed by atoms with Crippen LogP contribution in [0.1, 0.15) is 25.7 Å². The summed E-state index contributed by atoms with van der Waals surface area (Å²) < 4.78 is 0. The topological polar surface area (TPSA) is 214 Å². The Labute approximate surface area is 184 Å². The normalized spacial score (nSPS) is 14.7. The molecule has 172 valence electrons. The molecule has 0 rings (SSSR count). The molecule has 0 aliphatic rings. The van der Waals surface area contributed by atoms with Crippen LogP contribution in [0.25, 0.3) is 0 Å². The van der Waals surface area contributed by atoms with E-state index in [2.05, 4.69) is 41.2 Å². The zero-order chi connectivity index (χ0) is 23.3. The summed E-state index contributed by atoms with van der Waals surface area (Å²) in [7, 11) is 0. The molecule has 3 amide bonds. The van der Waals surface area contributed by atoms with Crippen molar-refractivity contribution in [2.24, 2.45) is 11.5 Å². The highest BCUT2D eigenvalue weighted by Gasteiger charge is 2.29. The van der Waals surface area contributed by atoms with E-state index in [0.29, 0.717) is 19.4 Å². The van der Waals surface area contributed by atoms with Crippen molar-refractivity contribution in [3.05, 3.63) is 0 Å². The molecule has 0 heterocycles. The second kappa shape index (κ2) is 14.9. The lowest BCUT2D eigenvalue weighted by atomic mass is 10.1. The average molecular weight is 468 g/mol. The van der Waals surface area contributed by atoms with Crippen LogP contribution >= 0.6 is 25.3 Å². The van der Waals surface area contributed by atoms with Crippen LogP contribution in [0.2, 0.25) is 0 Å². The minimum absolute atomic E-state index is 0.150. The fraction of sp³-hybridized carbons (Fsp3) is 0.688. The second-order valence-corrected chi connectivity index (χ2v) is 7.11. The lowest BCUT2D eigenvalue weighted by molar-refractivity contribution is -0.141. The zero-order valence-electron chi connectivity index (χ0n) is 16.2. The van der Waals surface area contributed by atoms with Crippen LogP contribution in [0.4, 0.5) is 0 Å². The van der Waals surface area contributed by atoms with E-state index in [1.807, 2.05) is 0 Å². The van der Waals surface area contributed by atoms with Crippen molar-refractivity contribution in [2.75, 3.05) is 18.1 Å². The molecule has 0 bridgehead atoms. The van der Waals surface area contributed by atoms with Gasteiger partial charge in [0.1, 0.15) is 18.1 Å². The van der Waals surface area contributed by atoms with Crippen LogP contribution in [0.5, 0.6) is 0 Å². The smallest absolute Gasteiger partial charge is 0.327 e. The molecular formula is C16H29N5O7S2. The minimum Gasteiger partial charge on any atom is -0.481 e. The van der Waals surface area contributed by atoms with E-state index in [1.165, 1.54) is 0 Å². The molecule has 0 aliphatic heterocycles. The largest absolute Gasteiger partial charge is 0.481 e. The molecule has 0 spiro atoms. The first-order valence-electron chi connectivity index (χ1n) is 9.10. The summed E-state index contributed by atoms with van der Waals surface area (Å²) in [6, 6.07) is -4.89. The van der Waals surface area contributed by atoms with E-state index in [9.17, 15) is 24.0 Å². The van der Waals surface area contributed by atoms with Gasteiger partial charge in [0.15, 0.2) is 0 Å². The van der Waals surface area contributed by atoms with Gasteiger partial charge in [-0.25, -0.2) is 4.79 Å². The van der Waals surface area contributed by atoms with Gasteiger partial charge in [0.05, 0.1) is 12.5 Å². The Hall–Kier alpha value is -2.03. The molecule has 30 heavy (non-hydrogen) atoms. The fourth-order valence-corrected chi connectivity index (χ4v) is 2.75. The number of hydrogen-bond donors (Lipinski definition) is 9. The number of thiol groups is 2. The number of nitrogens with two attached hydrogens (primary N) is 2. The number of amides is 3. The van der Waals surface area contributed by atoms with E-state index >= 15 is 0 Å². The van der Waals surface area contributed by atoms with Gasteiger partial charge in [-0.2, -0.15) is 25.3 Å². The number of hydrogen-bond acceptors (Lipinski definition) is 9. The molecule has 0 saturated heterocycles. The van der Waals surface area contributed by atoms with Gasteiger partial charge in [-0.05, 0) is 25.8 Å². The number of nitrogens with one attached hydrogen (secondary N) is 3. The number of rotatable bonds is 15. The van der Waals surface area contributed by atoms with Crippen molar-refractivity contribution in [1.82, 2.24) is 16.0 Å². The second-order valence-electron chi connectivity index (χ2n) is 6.38.